The van der Waals surface area contributed by atoms with Crippen LogP contribution in [0.4, 0.5) is 22.7 Å². The molecule has 0 aliphatic carbocycles. The highest BCUT2D eigenvalue weighted by atomic mass is 16.5. The summed E-state index contributed by atoms with van der Waals surface area (Å²) in [6.07, 6.45) is 0. The zero-order valence-corrected chi connectivity index (χ0v) is 20.6. The number of anilines is 4. The Labute approximate surface area is 221 Å². The number of hydrogen-bond donors (Lipinski definition) is 0. The summed E-state index contributed by atoms with van der Waals surface area (Å²) in [5, 5.41) is 4.23. The van der Waals surface area contributed by atoms with Gasteiger partial charge in [-0.05, 0) is 66.1 Å². The molecule has 5 aromatic carbocycles. The Kier molecular flexibility index (Phi) is 5.48. The topological polar surface area (TPSA) is 45.4 Å². The van der Waals surface area contributed by atoms with Gasteiger partial charge in [0, 0.05) is 22.5 Å². The van der Waals surface area contributed by atoms with Crippen LogP contribution in [0.1, 0.15) is 0 Å². The standard InChI is InChI=1S/C32H23BN4O/c1-4-12-25(13-5-1)32-34-31(35-38-32)24-20-22-28(23-21-24)37-30-19-11-10-18-29(30)36(27-16-8-3-9-17-27)33(37)26-14-6-2-7-15-26/h1-23H. The molecule has 2 heterocycles. The Morgan fingerprint density at radius 1 is 0.500 bits per heavy atom. The fraction of sp³-hybridized carbons (Fsp3) is 0. The highest BCUT2D eigenvalue weighted by Gasteiger charge is 2.43. The fourth-order valence-corrected chi connectivity index (χ4v) is 5.13. The molecule has 6 heteroatoms. The van der Waals surface area contributed by atoms with E-state index in [-0.39, 0.29) is 6.98 Å². The molecule has 0 spiro atoms. The third-order valence-electron chi connectivity index (χ3n) is 6.87. The highest BCUT2D eigenvalue weighted by Crippen LogP contribution is 2.46. The number of fused-ring (bicyclic) bond motifs is 1. The molecule has 38 heavy (non-hydrogen) atoms. The molecule has 0 atom stereocenters. The number of aromatic nitrogens is 2. The zero-order chi connectivity index (χ0) is 25.3. The average molecular weight is 490 g/mol. The average Bonchev–Trinajstić information content (AvgIpc) is 3.63. The van der Waals surface area contributed by atoms with Gasteiger partial charge in [-0.25, -0.2) is 0 Å². The molecule has 1 aliphatic rings. The van der Waals surface area contributed by atoms with Gasteiger partial charge in [0.2, 0.25) is 5.82 Å². The van der Waals surface area contributed by atoms with Crippen molar-refractivity contribution in [3.05, 3.63) is 140 Å². The predicted molar refractivity (Wildman–Crippen MR) is 154 cm³/mol. The molecule has 0 amide bonds. The minimum absolute atomic E-state index is 0.0447. The first-order valence-electron chi connectivity index (χ1n) is 12.6. The van der Waals surface area contributed by atoms with Crippen LogP contribution in [0.3, 0.4) is 0 Å². The third-order valence-corrected chi connectivity index (χ3v) is 6.87. The van der Waals surface area contributed by atoms with E-state index in [9.17, 15) is 0 Å². The second-order valence-electron chi connectivity index (χ2n) is 9.18. The van der Waals surface area contributed by atoms with Crippen molar-refractivity contribution in [3.63, 3.8) is 0 Å². The van der Waals surface area contributed by atoms with Crippen molar-refractivity contribution in [1.82, 2.24) is 10.1 Å². The van der Waals surface area contributed by atoms with E-state index in [0.717, 1.165) is 28.2 Å². The molecule has 0 N–H and O–H groups in total. The molecule has 0 radical (unpaired) electrons. The van der Waals surface area contributed by atoms with E-state index in [0.29, 0.717) is 11.7 Å². The Bertz CT molecular complexity index is 1670. The van der Waals surface area contributed by atoms with Crippen LogP contribution in [0.2, 0.25) is 0 Å². The van der Waals surface area contributed by atoms with E-state index >= 15 is 0 Å². The molecule has 6 aromatic rings. The molecular formula is C32H23BN4O. The van der Waals surface area contributed by atoms with Gasteiger partial charge in [-0.3, -0.25) is 0 Å². The molecule has 0 saturated heterocycles. The summed E-state index contributed by atoms with van der Waals surface area (Å²) in [6.45, 7) is -0.0447. The van der Waals surface area contributed by atoms with Crippen LogP contribution in [-0.4, -0.2) is 17.1 Å². The number of para-hydroxylation sites is 3. The van der Waals surface area contributed by atoms with Crippen LogP contribution in [0, 0.1) is 0 Å². The normalized spacial score (nSPS) is 12.6. The van der Waals surface area contributed by atoms with Crippen molar-refractivity contribution < 1.29 is 4.52 Å². The van der Waals surface area contributed by atoms with Gasteiger partial charge in [0.25, 0.3) is 5.89 Å². The Hall–Kier alpha value is -5.10. The van der Waals surface area contributed by atoms with Crippen molar-refractivity contribution >= 4 is 35.2 Å². The van der Waals surface area contributed by atoms with E-state index < -0.39 is 0 Å². The summed E-state index contributed by atoms with van der Waals surface area (Å²) in [4.78, 5) is 9.43. The highest BCUT2D eigenvalue weighted by molar-refractivity contribution is 6.84. The third kappa shape index (κ3) is 3.83. The van der Waals surface area contributed by atoms with Crippen LogP contribution in [0.25, 0.3) is 22.8 Å². The van der Waals surface area contributed by atoms with E-state index in [2.05, 4.69) is 129 Å². The molecular weight excluding hydrogens is 467 g/mol. The molecule has 1 aliphatic heterocycles. The van der Waals surface area contributed by atoms with Crippen molar-refractivity contribution in [2.24, 2.45) is 0 Å². The summed E-state index contributed by atoms with van der Waals surface area (Å²) in [5.74, 6) is 1.09. The van der Waals surface area contributed by atoms with Gasteiger partial charge < -0.3 is 14.1 Å². The first-order chi connectivity index (χ1) is 18.9. The van der Waals surface area contributed by atoms with Gasteiger partial charge in [0.15, 0.2) is 0 Å². The maximum Gasteiger partial charge on any atom is 0.420 e. The van der Waals surface area contributed by atoms with Crippen molar-refractivity contribution in [1.29, 1.82) is 0 Å². The Morgan fingerprint density at radius 3 is 1.66 bits per heavy atom. The molecule has 1 aromatic heterocycles. The van der Waals surface area contributed by atoms with E-state index in [1.807, 2.05) is 30.3 Å². The lowest BCUT2D eigenvalue weighted by atomic mass is 9.64. The lowest BCUT2D eigenvalue weighted by Crippen LogP contribution is -2.53. The van der Waals surface area contributed by atoms with Gasteiger partial charge in [-0.1, -0.05) is 84.0 Å². The minimum Gasteiger partial charge on any atom is -0.360 e. The SMILES string of the molecule is c1ccc(B2N(c3ccccc3)c3ccccc3N2c2ccc(-c3noc(-c4ccccc4)n3)cc2)cc1. The van der Waals surface area contributed by atoms with E-state index in [4.69, 9.17) is 4.52 Å². The molecule has 180 valence electrons. The van der Waals surface area contributed by atoms with Crippen molar-refractivity contribution in [2.45, 2.75) is 0 Å². The maximum atomic E-state index is 5.54. The quantitative estimate of drug-likeness (QED) is 0.242. The second-order valence-corrected chi connectivity index (χ2v) is 9.18. The first kappa shape index (κ1) is 22.1. The Morgan fingerprint density at radius 2 is 1.03 bits per heavy atom. The summed E-state index contributed by atoms with van der Waals surface area (Å²) < 4.78 is 5.54. The Balaban J connectivity index is 1.30. The molecule has 7 rings (SSSR count). The van der Waals surface area contributed by atoms with Crippen molar-refractivity contribution in [2.75, 3.05) is 9.62 Å². The van der Waals surface area contributed by atoms with E-state index in [1.54, 1.807) is 0 Å². The summed E-state index contributed by atoms with van der Waals surface area (Å²) in [6, 6.07) is 48.0. The van der Waals surface area contributed by atoms with Gasteiger partial charge >= 0.3 is 6.98 Å². The van der Waals surface area contributed by atoms with Crippen LogP contribution in [0.5, 0.6) is 0 Å². The fourth-order valence-electron chi connectivity index (χ4n) is 5.13. The largest absolute Gasteiger partial charge is 0.420 e. The number of rotatable bonds is 5. The summed E-state index contributed by atoms with van der Waals surface area (Å²) in [5.41, 5.74) is 7.58. The van der Waals surface area contributed by atoms with Crippen LogP contribution >= 0.6 is 0 Å². The van der Waals surface area contributed by atoms with Gasteiger partial charge in [0.05, 0.1) is 11.4 Å². The monoisotopic (exact) mass is 490 g/mol. The number of nitrogens with zero attached hydrogens (tertiary/aromatic N) is 4. The molecule has 5 nitrogen and oxygen atoms in total. The molecule has 0 fully saturated rings. The van der Waals surface area contributed by atoms with Crippen LogP contribution in [-0.2, 0) is 0 Å². The first-order valence-corrected chi connectivity index (χ1v) is 12.6. The lowest BCUT2D eigenvalue weighted by Gasteiger charge is -2.30. The minimum atomic E-state index is -0.0447. The lowest BCUT2D eigenvalue weighted by molar-refractivity contribution is 0.432. The number of hydrogen-bond acceptors (Lipinski definition) is 5. The molecule has 0 saturated carbocycles. The zero-order valence-electron chi connectivity index (χ0n) is 20.6. The van der Waals surface area contributed by atoms with Gasteiger partial charge in [0.1, 0.15) is 0 Å². The molecule has 0 bridgehead atoms. The van der Waals surface area contributed by atoms with Crippen molar-refractivity contribution in [3.8, 4) is 22.8 Å². The summed E-state index contributed by atoms with van der Waals surface area (Å²) >= 11 is 0. The maximum absolute atomic E-state index is 5.54. The summed E-state index contributed by atoms with van der Waals surface area (Å²) in [7, 11) is 0. The van der Waals surface area contributed by atoms with Crippen LogP contribution in [0.15, 0.2) is 144 Å². The second kappa shape index (κ2) is 9.41. The smallest absolute Gasteiger partial charge is 0.360 e. The van der Waals surface area contributed by atoms with E-state index in [1.165, 1.54) is 11.2 Å². The molecule has 0 unspecified atom stereocenters. The van der Waals surface area contributed by atoms with Gasteiger partial charge in [-0.15, -0.1) is 0 Å². The van der Waals surface area contributed by atoms with Crippen LogP contribution < -0.4 is 15.1 Å². The van der Waals surface area contributed by atoms with Gasteiger partial charge in [-0.2, -0.15) is 4.98 Å². The number of benzene rings is 5. The predicted octanol–water partition coefficient (Wildman–Crippen LogP) is 7.09.